The van der Waals surface area contributed by atoms with Gasteiger partial charge >= 0.3 is 0 Å². The smallest absolute Gasteiger partial charge is 0.276 e. The van der Waals surface area contributed by atoms with Gasteiger partial charge < -0.3 is 5.32 Å². The van der Waals surface area contributed by atoms with Crippen LogP contribution < -0.4 is 5.32 Å². The Morgan fingerprint density at radius 2 is 2.35 bits per heavy atom. The van der Waals surface area contributed by atoms with Gasteiger partial charge in [-0.15, -0.1) is 0 Å². The third-order valence-corrected chi connectivity index (χ3v) is 2.77. The number of aromatic nitrogens is 3. The monoisotopic (exact) mass is 228 g/mol. The van der Waals surface area contributed by atoms with E-state index in [9.17, 15) is 4.79 Å². The zero-order chi connectivity index (χ0) is 11.7. The minimum Gasteiger partial charge on any atom is -0.319 e. The normalized spacial score (nSPS) is 14.6. The molecule has 2 aromatic heterocycles. The summed E-state index contributed by atoms with van der Waals surface area (Å²) in [6.07, 6.45) is 5.64. The number of nitrogens with one attached hydrogen (secondary N) is 2. The van der Waals surface area contributed by atoms with Crippen molar-refractivity contribution >= 4 is 11.6 Å². The number of carbonyl (C=O) groups excluding carboxylic acids is 1. The van der Waals surface area contributed by atoms with Crippen molar-refractivity contribution in [3.63, 3.8) is 0 Å². The lowest BCUT2D eigenvalue weighted by atomic mass is 10.2. The molecule has 0 saturated heterocycles. The number of aromatic amines is 1. The SMILES string of the molecule is O=C(Nc1cccnc1)c1cc(C2CC2)[nH]n1. The first kappa shape index (κ1) is 10.0. The molecule has 0 spiro atoms. The average Bonchev–Trinajstić information content (AvgIpc) is 3.08. The molecule has 5 nitrogen and oxygen atoms in total. The molecule has 0 radical (unpaired) electrons. The average molecular weight is 228 g/mol. The van der Waals surface area contributed by atoms with Crippen LogP contribution in [0.15, 0.2) is 30.6 Å². The Labute approximate surface area is 98.3 Å². The van der Waals surface area contributed by atoms with E-state index < -0.39 is 0 Å². The number of H-pyrrole nitrogens is 1. The number of pyridine rings is 1. The number of carbonyl (C=O) groups is 1. The molecule has 2 aromatic rings. The zero-order valence-electron chi connectivity index (χ0n) is 9.18. The van der Waals surface area contributed by atoms with E-state index in [2.05, 4.69) is 20.5 Å². The fraction of sp³-hybridized carbons (Fsp3) is 0.250. The second-order valence-corrected chi connectivity index (χ2v) is 4.18. The van der Waals surface area contributed by atoms with Crippen LogP contribution in [-0.4, -0.2) is 21.1 Å². The van der Waals surface area contributed by atoms with Gasteiger partial charge in [0.2, 0.25) is 0 Å². The molecule has 5 heteroatoms. The lowest BCUT2D eigenvalue weighted by molar-refractivity contribution is 0.102. The molecule has 0 atom stereocenters. The summed E-state index contributed by atoms with van der Waals surface area (Å²) in [6, 6.07) is 5.39. The van der Waals surface area contributed by atoms with Crippen molar-refractivity contribution in [2.75, 3.05) is 5.32 Å². The molecule has 17 heavy (non-hydrogen) atoms. The van der Waals surface area contributed by atoms with Gasteiger partial charge in [-0.1, -0.05) is 0 Å². The number of hydrogen-bond donors (Lipinski definition) is 2. The zero-order valence-corrected chi connectivity index (χ0v) is 9.18. The molecule has 1 aliphatic rings. The molecule has 1 aliphatic carbocycles. The Morgan fingerprint density at radius 1 is 1.47 bits per heavy atom. The number of anilines is 1. The van der Waals surface area contributed by atoms with Gasteiger partial charge in [-0.25, -0.2) is 0 Å². The van der Waals surface area contributed by atoms with Crippen molar-refractivity contribution in [1.82, 2.24) is 15.2 Å². The van der Waals surface area contributed by atoms with Gasteiger partial charge in [-0.05, 0) is 31.0 Å². The van der Waals surface area contributed by atoms with Crippen molar-refractivity contribution in [1.29, 1.82) is 0 Å². The number of amides is 1. The highest BCUT2D eigenvalue weighted by molar-refractivity contribution is 6.02. The van der Waals surface area contributed by atoms with Crippen LogP contribution in [-0.2, 0) is 0 Å². The summed E-state index contributed by atoms with van der Waals surface area (Å²) < 4.78 is 0. The quantitative estimate of drug-likeness (QED) is 0.843. The summed E-state index contributed by atoms with van der Waals surface area (Å²) in [4.78, 5) is 15.8. The van der Waals surface area contributed by atoms with Crippen molar-refractivity contribution in [2.45, 2.75) is 18.8 Å². The molecule has 2 N–H and O–H groups in total. The lowest BCUT2D eigenvalue weighted by Gasteiger charge is -2.00. The summed E-state index contributed by atoms with van der Waals surface area (Å²) in [7, 11) is 0. The molecule has 0 bridgehead atoms. The minimum absolute atomic E-state index is 0.207. The summed E-state index contributed by atoms with van der Waals surface area (Å²) in [6.45, 7) is 0. The first-order chi connectivity index (χ1) is 8.33. The Hall–Kier alpha value is -2.17. The molecule has 0 aliphatic heterocycles. The third kappa shape index (κ3) is 2.18. The summed E-state index contributed by atoms with van der Waals surface area (Å²) in [5, 5.41) is 9.67. The Kier molecular flexibility index (Phi) is 2.36. The number of hydrogen-bond acceptors (Lipinski definition) is 3. The van der Waals surface area contributed by atoms with E-state index in [4.69, 9.17) is 0 Å². The molecule has 3 rings (SSSR count). The van der Waals surface area contributed by atoms with Crippen LogP contribution in [0.4, 0.5) is 5.69 Å². The highest BCUT2D eigenvalue weighted by Crippen LogP contribution is 2.38. The second kappa shape index (κ2) is 4.01. The molecule has 2 heterocycles. The van der Waals surface area contributed by atoms with Crippen LogP contribution in [0, 0.1) is 0 Å². The van der Waals surface area contributed by atoms with Crippen LogP contribution in [0.3, 0.4) is 0 Å². The third-order valence-electron chi connectivity index (χ3n) is 2.77. The first-order valence-electron chi connectivity index (χ1n) is 5.59. The van der Waals surface area contributed by atoms with Gasteiger partial charge in [0.1, 0.15) is 0 Å². The molecule has 0 aromatic carbocycles. The van der Waals surface area contributed by atoms with E-state index in [0.29, 0.717) is 17.3 Å². The number of nitrogens with zero attached hydrogens (tertiary/aromatic N) is 2. The lowest BCUT2D eigenvalue weighted by Crippen LogP contribution is -2.12. The fourth-order valence-electron chi connectivity index (χ4n) is 1.69. The predicted octanol–water partition coefficient (Wildman–Crippen LogP) is 1.93. The molecule has 86 valence electrons. The minimum atomic E-state index is -0.207. The highest BCUT2D eigenvalue weighted by atomic mass is 16.1. The van der Waals surface area contributed by atoms with E-state index in [1.807, 2.05) is 6.07 Å². The van der Waals surface area contributed by atoms with Crippen LogP contribution in [0.1, 0.15) is 34.9 Å². The van der Waals surface area contributed by atoms with Gasteiger partial charge in [-0.2, -0.15) is 5.10 Å². The van der Waals surface area contributed by atoms with E-state index in [1.54, 1.807) is 24.5 Å². The summed E-state index contributed by atoms with van der Waals surface area (Å²) in [5.74, 6) is 0.364. The number of rotatable bonds is 3. The molecule has 1 amide bonds. The van der Waals surface area contributed by atoms with Crippen LogP contribution in [0.2, 0.25) is 0 Å². The largest absolute Gasteiger partial charge is 0.319 e. The van der Waals surface area contributed by atoms with Crippen molar-refractivity contribution in [2.24, 2.45) is 0 Å². The van der Waals surface area contributed by atoms with Crippen LogP contribution in [0.25, 0.3) is 0 Å². The fourth-order valence-corrected chi connectivity index (χ4v) is 1.69. The maximum atomic E-state index is 11.8. The van der Waals surface area contributed by atoms with Gasteiger partial charge in [0.25, 0.3) is 5.91 Å². The van der Waals surface area contributed by atoms with E-state index >= 15 is 0 Å². The van der Waals surface area contributed by atoms with E-state index in [0.717, 1.165) is 5.69 Å². The van der Waals surface area contributed by atoms with Crippen molar-refractivity contribution in [3.8, 4) is 0 Å². The molecule has 1 saturated carbocycles. The Bertz CT molecular complexity index is 530. The second-order valence-electron chi connectivity index (χ2n) is 4.18. The van der Waals surface area contributed by atoms with Gasteiger partial charge in [0, 0.05) is 17.8 Å². The van der Waals surface area contributed by atoms with Gasteiger partial charge in [0.15, 0.2) is 5.69 Å². The van der Waals surface area contributed by atoms with Crippen molar-refractivity contribution < 1.29 is 4.79 Å². The summed E-state index contributed by atoms with van der Waals surface area (Å²) >= 11 is 0. The molecular formula is C12H12N4O. The van der Waals surface area contributed by atoms with Crippen LogP contribution >= 0.6 is 0 Å². The topological polar surface area (TPSA) is 70.7 Å². The molecule has 1 fully saturated rings. The van der Waals surface area contributed by atoms with Gasteiger partial charge in [-0.3, -0.25) is 14.9 Å². The molecular weight excluding hydrogens is 216 g/mol. The van der Waals surface area contributed by atoms with E-state index in [1.165, 1.54) is 12.8 Å². The maximum absolute atomic E-state index is 11.8. The Morgan fingerprint density at radius 3 is 3.06 bits per heavy atom. The van der Waals surface area contributed by atoms with E-state index in [-0.39, 0.29) is 5.91 Å². The maximum Gasteiger partial charge on any atom is 0.276 e. The van der Waals surface area contributed by atoms with Gasteiger partial charge in [0.05, 0.1) is 11.9 Å². The summed E-state index contributed by atoms with van der Waals surface area (Å²) in [5.41, 5.74) is 2.16. The van der Waals surface area contributed by atoms with Crippen molar-refractivity contribution in [3.05, 3.63) is 42.0 Å². The molecule has 0 unspecified atom stereocenters. The first-order valence-corrected chi connectivity index (χ1v) is 5.59. The highest BCUT2D eigenvalue weighted by Gasteiger charge is 2.26. The Balaban J connectivity index is 1.72. The standard InChI is InChI=1S/C12H12N4O/c17-12(14-9-2-1-5-13-7-9)11-6-10(15-16-11)8-3-4-8/h1-2,5-8H,3-4H2,(H,14,17)(H,15,16). The van der Waals surface area contributed by atoms with Crippen LogP contribution in [0.5, 0.6) is 0 Å². The predicted molar refractivity (Wildman–Crippen MR) is 62.8 cm³/mol.